The minimum Gasteiger partial charge on any atom is -0.494 e. The Morgan fingerprint density at radius 2 is 2.04 bits per heavy atom. The zero-order valence-electron chi connectivity index (χ0n) is 13.0. The van der Waals surface area contributed by atoms with Gasteiger partial charge in [0.15, 0.2) is 6.10 Å². The van der Waals surface area contributed by atoms with E-state index in [1.54, 1.807) is 25.1 Å². The topological polar surface area (TPSA) is 90.7 Å². The minimum absolute atomic E-state index is 0.122. The van der Waals surface area contributed by atoms with Crippen molar-refractivity contribution in [3.05, 3.63) is 57.1 Å². The van der Waals surface area contributed by atoms with E-state index in [2.05, 4.69) is 21.2 Å². The number of non-ortho nitro benzene ring substituents is 1. The maximum absolute atomic E-state index is 12.3. The molecule has 1 unspecified atom stereocenters. The third-order valence-corrected chi connectivity index (χ3v) is 3.63. The summed E-state index contributed by atoms with van der Waals surface area (Å²) in [5.74, 6) is 0.344. The third-order valence-electron chi connectivity index (χ3n) is 3.13. The number of halogens is 1. The Hall–Kier alpha value is -2.61. The number of nitrogens with zero attached hydrogens (tertiary/aromatic N) is 1. The van der Waals surface area contributed by atoms with Gasteiger partial charge in [-0.1, -0.05) is 22.0 Å². The van der Waals surface area contributed by atoms with Gasteiger partial charge in [0.1, 0.15) is 11.5 Å². The lowest BCUT2D eigenvalue weighted by molar-refractivity contribution is -0.384. The summed E-state index contributed by atoms with van der Waals surface area (Å²) in [6.45, 7) is 1.61. The van der Waals surface area contributed by atoms with Crippen molar-refractivity contribution < 1.29 is 19.2 Å². The summed E-state index contributed by atoms with van der Waals surface area (Å²) in [5.41, 5.74) is 0.209. The standard InChI is InChI=1S/C16H15BrN2O5/c1-10(24-13-5-3-4-11(17)8-13)16(20)18-14-7-6-12(19(21)22)9-15(14)23-2/h3-10H,1-2H3,(H,18,20). The van der Waals surface area contributed by atoms with Crippen LogP contribution in [0.15, 0.2) is 46.9 Å². The van der Waals surface area contributed by atoms with Gasteiger partial charge >= 0.3 is 0 Å². The fourth-order valence-corrected chi connectivity index (χ4v) is 2.31. The molecule has 1 atom stereocenters. The van der Waals surface area contributed by atoms with Crippen LogP contribution in [0.4, 0.5) is 11.4 Å². The molecular formula is C16H15BrN2O5. The molecule has 8 heteroatoms. The van der Waals surface area contributed by atoms with E-state index in [4.69, 9.17) is 9.47 Å². The molecular weight excluding hydrogens is 380 g/mol. The number of hydrogen-bond acceptors (Lipinski definition) is 5. The Bertz CT molecular complexity index is 766. The molecule has 0 aromatic heterocycles. The first-order valence-electron chi connectivity index (χ1n) is 6.96. The average molecular weight is 395 g/mol. The maximum Gasteiger partial charge on any atom is 0.273 e. The van der Waals surface area contributed by atoms with E-state index in [0.29, 0.717) is 11.4 Å². The normalized spacial score (nSPS) is 11.5. The van der Waals surface area contributed by atoms with E-state index in [0.717, 1.165) is 4.47 Å². The lowest BCUT2D eigenvalue weighted by Gasteiger charge is -2.16. The second-order valence-corrected chi connectivity index (χ2v) is 5.76. The van der Waals surface area contributed by atoms with Gasteiger partial charge < -0.3 is 14.8 Å². The minimum atomic E-state index is -0.765. The Morgan fingerprint density at radius 3 is 2.67 bits per heavy atom. The zero-order chi connectivity index (χ0) is 17.7. The quantitative estimate of drug-likeness (QED) is 0.594. The van der Waals surface area contributed by atoms with Crippen molar-refractivity contribution in [3.8, 4) is 11.5 Å². The van der Waals surface area contributed by atoms with Crippen LogP contribution in [0.25, 0.3) is 0 Å². The summed E-state index contributed by atoms with van der Waals surface area (Å²) in [7, 11) is 1.37. The van der Waals surface area contributed by atoms with E-state index < -0.39 is 16.9 Å². The Balaban J connectivity index is 2.09. The molecule has 2 rings (SSSR count). The molecule has 1 N–H and O–H groups in total. The Labute approximate surface area is 146 Å². The second-order valence-electron chi connectivity index (χ2n) is 4.85. The summed E-state index contributed by atoms with van der Waals surface area (Å²) in [4.78, 5) is 22.5. The predicted molar refractivity (Wildman–Crippen MR) is 92.5 cm³/mol. The number of rotatable bonds is 6. The van der Waals surface area contributed by atoms with Crippen molar-refractivity contribution in [1.29, 1.82) is 0 Å². The lowest BCUT2D eigenvalue weighted by Crippen LogP contribution is -2.30. The molecule has 7 nitrogen and oxygen atoms in total. The number of benzene rings is 2. The van der Waals surface area contributed by atoms with Gasteiger partial charge in [-0.15, -0.1) is 0 Å². The molecule has 1 amide bonds. The summed E-state index contributed by atoms with van der Waals surface area (Å²) in [6, 6.07) is 11.1. The third kappa shape index (κ3) is 4.45. The fourth-order valence-electron chi connectivity index (χ4n) is 1.93. The van der Waals surface area contributed by atoms with Gasteiger partial charge in [0, 0.05) is 10.5 Å². The van der Waals surface area contributed by atoms with Gasteiger partial charge in [0.05, 0.1) is 23.8 Å². The van der Waals surface area contributed by atoms with Gasteiger partial charge in [-0.25, -0.2) is 0 Å². The Morgan fingerprint density at radius 1 is 1.29 bits per heavy atom. The molecule has 24 heavy (non-hydrogen) atoms. The number of anilines is 1. The first-order chi connectivity index (χ1) is 11.4. The van der Waals surface area contributed by atoms with Gasteiger partial charge in [-0.05, 0) is 31.2 Å². The smallest absolute Gasteiger partial charge is 0.273 e. The largest absolute Gasteiger partial charge is 0.494 e. The van der Waals surface area contributed by atoms with Crippen molar-refractivity contribution >= 4 is 33.2 Å². The predicted octanol–water partition coefficient (Wildman–Crippen LogP) is 3.77. The summed E-state index contributed by atoms with van der Waals surface area (Å²) in [5, 5.41) is 13.4. The molecule has 0 aliphatic heterocycles. The van der Waals surface area contributed by atoms with Gasteiger partial charge in [-0.2, -0.15) is 0 Å². The first kappa shape index (κ1) is 17.7. The highest BCUT2D eigenvalue weighted by Gasteiger charge is 2.18. The lowest BCUT2D eigenvalue weighted by atomic mass is 10.2. The number of ether oxygens (including phenoxy) is 2. The van der Waals surface area contributed by atoms with Crippen LogP contribution >= 0.6 is 15.9 Å². The molecule has 0 saturated heterocycles. The van der Waals surface area contributed by atoms with E-state index in [9.17, 15) is 14.9 Å². The molecule has 0 radical (unpaired) electrons. The van der Waals surface area contributed by atoms with Gasteiger partial charge in [0.2, 0.25) is 0 Å². The van der Waals surface area contributed by atoms with Crippen molar-refractivity contribution in [1.82, 2.24) is 0 Å². The molecule has 0 heterocycles. The number of nitro groups is 1. The molecule has 126 valence electrons. The molecule has 2 aromatic rings. The first-order valence-corrected chi connectivity index (χ1v) is 7.75. The monoisotopic (exact) mass is 394 g/mol. The molecule has 0 fully saturated rings. The highest BCUT2D eigenvalue weighted by Crippen LogP contribution is 2.29. The maximum atomic E-state index is 12.3. The number of hydrogen-bond donors (Lipinski definition) is 1. The van der Waals surface area contributed by atoms with Crippen molar-refractivity contribution in [2.75, 3.05) is 12.4 Å². The molecule has 2 aromatic carbocycles. The molecule has 0 aliphatic carbocycles. The van der Waals surface area contributed by atoms with Crippen LogP contribution < -0.4 is 14.8 Å². The van der Waals surface area contributed by atoms with Crippen molar-refractivity contribution in [2.24, 2.45) is 0 Å². The van der Waals surface area contributed by atoms with Crippen molar-refractivity contribution in [3.63, 3.8) is 0 Å². The summed E-state index contributed by atoms with van der Waals surface area (Å²) >= 11 is 3.33. The van der Waals surface area contributed by atoms with Crippen LogP contribution in [0.5, 0.6) is 11.5 Å². The fraction of sp³-hybridized carbons (Fsp3) is 0.188. The van der Waals surface area contributed by atoms with E-state index >= 15 is 0 Å². The van der Waals surface area contributed by atoms with Crippen molar-refractivity contribution in [2.45, 2.75) is 13.0 Å². The van der Waals surface area contributed by atoms with Gasteiger partial charge in [0.25, 0.3) is 11.6 Å². The molecule has 0 bridgehead atoms. The number of nitro benzene ring substituents is 1. The highest BCUT2D eigenvalue weighted by molar-refractivity contribution is 9.10. The number of methoxy groups -OCH3 is 1. The van der Waals surface area contributed by atoms with Crippen LogP contribution in [-0.2, 0) is 4.79 Å². The SMILES string of the molecule is COc1cc([N+](=O)[O-])ccc1NC(=O)C(C)Oc1cccc(Br)c1. The van der Waals surface area contributed by atoms with Crippen LogP contribution in [0.2, 0.25) is 0 Å². The summed E-state index contributed by atoms with van der Waals surface area (Å²) < 4.78 is 11.5. The van der Waals surface area contributed by atoms with Crippen LogP contribution in [-0.4, -0.2) is 24.0 Å². The number of amides is 1. The molecule has 0 saturated carbocycles. The van der Waals surface area contributed by atoms with Crippen LogP contribution in [0.1, 0.15) is 6.92 Å². The Kier molecular flexibility index (Phi) is 5.75. The molecule has 0 aliphatic rings. The summed E-state index contributed by atoms with van der Waals surface area (Å²) in [6.07, 6.45) is -0.765. The average Bonchev–Trinajstić information content (AvgIpc) is 2.54. The number of nitrogens with one attached hydrogen (secondary N) is 1. The second kappa shape index (κ2) is 7.78. The van der Waals surface area contributed by atoms with E-state index in [1.165, 1.54) is 25.3 Å². The number of carbonyl (C=O) groups is 1. The van der Waals surface area contributed by atoms with Crippen LogP contribution in [0, 0.1) is 10.1 Å². The zero-order valence-corrected chi connectivity index (χ0v) is 14.6. The van der Waals surface area contributed by atoms with Crippen LogP contribution in [0.3, 0.4) is 0 Å². The highest BCUT2D eigenvalue weighted by atomic mass is 79.9. The van der Waals surface area contributed by atoms with E-state index in [-0.39, 0.29) is 11.4 Å². The van der Waals surface area contributed by atoms with Gasteiger partial charge in [-0.3, -0.25) is 14.9 Å². The van der Waals surface area contributed by atoms with E-state index in [1.807, 2.05) is 6.07 Å². The number of carbonyl (C=O) groups excluding carboxylic acids is 1. The molecule has 0 spiro atoms.